The van der Waals surface area contributed by atoms with Gasteiger partial charge in [-0.25, -0.2) is 0 Å². The summed E-state index contributed by atoms with van der Waals surface area (Å²) in [5.41, 5.74) is 6.59. The van der Waals surface area contributed by atoms with Gasteiger partial charge >= 0.3 is 10.6 Å². The third-order valence-corrected chi connectivity index (χ3v) is 4.98. The SMILES string of the molecule is CCC[N+]1=C(/C=C/C=C/Nc2ccccc2)C(C)(C)c2cc(C)ccc21.O=S(=O)=O. The summed E-state index contributed by atoms with van der Waals surface area (Å²) in [7, 11) is -3.11. The number of allylic oxidation sites excluding steroid dienone is 3. The van der Waals surface area contributed by atoms with Crippen molar-refractivity contribution in [3.8, 4) is 0 Å². The zero-order valence-electron chi connectivity index (χ0n) is 17.9. The molecule has 6 heteroatoms. The molecule has 2 aromatic carbocycles. The molecule has 0 amide bonds. The molecule has 0 bridgehead atoms. The van der Waals surface area contributed by atoms with E-state index >= 15 is 0 Å². The number of fused-ring (bicyclic) bond motifs is 1. The van der Waals surface area contributed by atoms with E-state index in [4.69, 9.17) is 12.6 Å². The molecule has 0 aliphatic carbocycles. The molecule has 0 fully saturated rings. The molecule has 0 atom stereocenters. The molecule has 1 N–H and O–H groups in total. The summed E-state index contributed by atoms with van der Waals surface area (Å²) in [4.78, 5) is 0. The Labute approximate surface area is 180 Å². The minimum absolute atomic E-state index is 0.0215. The summed E-state index contributed by atoms with van der Waals surface area (Å²) in [6.45, 7) is 10.1. The van der Waals surface area contributed by atoms with Gasteiger partial charge in [-0.1, -0.05) is 42.8 Å². The fourth-order valence-corrected chi connectivity index (χ4v) is 3.63. The van der Waals surface area contributed by atoms with Crippen LogP contribution in [0.1, 0.15) is 38.3 Å². The van der Waals surface area contributed by atoms with Crippen LogP contribution in [0.3, 0.4) is 0 Å². The van der Waals surface area contributed by atoms with Gasteiger partial charge in [-0.15, -0.1) is 12.6 Å². The van der Waals surface area contributed by atoms with Gasteiger partial charge in [-0.3, -0.25) is 0 Å². The Morgan fingerprint density at radius 2 is 1.70 bits per heavy atom. The number of anilines is 1. The highest BCUT2D eigenvalue weighted by Crippen LogP contribution is 2.40. The molecule has 30 heavy (non-hydrogen) atoms. The molecule has 5 nitrogen and oxygen atoms in total. The maximum atomic E-state index is 8.44. The molecule has 1 heterocycles. The Bertz CT molecular complexity index is 1060. The summed E-state index contributed by atoms with van der Waals surface area (Å²) >= 11 is 0. The number of hydrogen-bond donors (Lipinski definition) is 1. The van der Waals surface area contributed by atoms with Gasteiger partial charge in [0.2, 0.25) is 5.69 Å². The first-order chi connectivity index (χ1) is 14.3. The minimum Gasteiger partial charge on any atom is -0.362 e. The molecule has 3 rings (SSSR count). The molecule has 0 radical (unpaired) electrons. The molecule has 0 saturated carbocycles. The van der Waals surface area contributed by atoms with Crippen molar-refractivity contribution in [3.05, 3.63) is 84.1 Å². The van der Waals surface area contributed by atoms with Gasteiger partial charge in [-0.05, 0) is 45.0 Å². The summed E-state index contributed by atoms with van der Waals surface area (Å²) in [6.07, 6.45) is 9.57. The molecule has 2 aromatic rings. The fraction of sp³-hybridized carbons (Fsp3) is 0.292. The lowest BCUT2D eigenvalue weighted by molar-refractivity contribution is -0.437. The van der Waals surface area contributed by atoms with E-state index in [2.05, 4.69) is 86.1 Å². The Balaban J connectivity index is 0.000000735. The first-order valence-corrected chi connectivity index (χ1v) is 10.9. The lowest BCUT2D eigenvalue weighted by Crippen LogP contribution is -2.27. The van der Waals surface area contributed by atoms with Crippen LogP contribution in [0.2, 0.25) is 0 Å². The van der Waals surface area contributed by atoms with Crippen LogP contribution in [0.4, 0.5) is 11.4 Å². The van der Waals surface area contributed by atoms with Crippen molar-refractivity contribution < 1.29 is 17.2 Å². The molecule has 0 saturated heterocycles. The van der Waals surface area contributed by atoms with Crippen LogP contribution in [0.15, 0.2) is 73.0 Å². The van der Waals surface area contributed by atoms with Crippen LogP contribution in [0, 0.1) is 6.92 Å². The van der Waals surface area contributed by atoms with E-state index in [1.54, 1.807) is 0 Å². The zero-order chi connectivity index (χ0) is 22.1. The molecule has 0 aromatic heterocycles. The fourth-order valence-electron chi connectivity index (χ4n) is 3.63. The topological polar surface area (TPSA) is 66.2 Å². The second kappa shape index (κ2) is 10.7. The first kappa shape index (κ1) is 23.3. The van der Waals surface area contributed by atoms with Crippen LogP contribution in [0.25, 0.3) is 0 Å². The van der Waals surface area contributed by atoms with Gasteiger partial charge in [-0.2, -0.15) is 4.58 Å². The average Bonchev–Trinajstić information content (AvgIpc) is 2.89. The largest absolute Gasteiger partial charge is 0.425 e. The first-order valence-electron chi connectivity index (χ1n) is 9.95. The highest BCUT2D eigenvalue weighted by molar-refractivity contribution is 7.59. The summed E-state index contributed by atoms with van der Waals surface area (Å²) in [5.74, 6) is 0. The van der Waals surface area contributed by atoms with Crippen molar-refractivity contribution in [2.45, 2.75) is 39.5 Å². The Morgan fingerprint density at radius 3 is 2.33 bits per heavy atom. The molecular formula is C24H29N2O3S+. The molecule has 1 aliphatic rings. The molecular weight excluding hydrogens is 396 g/mol. The lowest BCUT2D eigenvalue weighted by atomic mass is 9.81. The second-order valence-corrected chi connectivity index (χ2v) is 8.02. The number of nitrogens with one attached hydrogen (secondary N) is 1. The van der Waals surface area contributed by atoms with E-state index in [0.717, 1.165) is 18.7 Å². The van der Waals surface area contributed by atoms with Gasteiger partial charge in [0.15, 0.2) is 5.71 Å². The van der Waals surface area contributed by atoms with Crippen LogP contribution in [0.5, 0.6) is 0 Å². The van der Waals surface area contributed by atoms with E-state index in [9.17, 15) is 0 Å². The molecule has 0 spiro atoms. The van der Waals surface area contributed by atoms with E-state index in [-0.39, 0.29) is 5.41 Å². The van der Waals surface area contributed by atoms with Gasteiger partial charge in [0.25, 0.3) is 0 Å². The number of rotatable bonds is 6. The van der Waals surface area contributed by atoms with E-state index in [1.165, 1.54) is 22.5 Å². The van der Waals surface area contributed by atoms with Crippen LogP contribution < -0.4 is 5.32 Å². The highest BCUT2D eigenvalue weighted by Gasteiger charge is 2.43. The maximum absolute atomic E-state index is 8.44. The van der Waals surface area contributed by atoms with Crippen LogP contribution in [-0.4, -0.2) is 29.5 Å². The van der Waals surface area contributed by atoms with Crippen molar-refractivity contribution in [3.63, 3.8) is 0 Å². The zero-order valence-corrected chi connectivity index (χ0v) is 18.7. The molecule has 1 aliphatic heterocycles. The number of para-hydroxylation sites is 1. The Kier molecular flexibility index (Phi) is 8.30. The number of nitrogens with zero attached hydrogens (tertiary/aromatic N) is 1. The summed E-state index contributed by atoms with van der Waals surface area (Å²) in [6, 6.07) is 17.0. The van der Waals surface area contributed by atoms with Crippen molar-refractivity contribution in [2.75, 3.05) is 11.9 Å². The standard InChI is InChI=1S/C24H28N2.O3S/c1-5-17-26-22-15-14-19(2)18-21(22)24(3,4)23(26)13-9-10-16-25-20-11-7-6-8-12-20;1-4(2)3/h6-16,18H,5,17H2,1-4H3;/p+1. The van der Waals surface area contributed by atoms with E-state index in [0.29, 0.717) is 0 Å². The minimum atomic E-state index is -3.11. The van der Waals surface area contributed by atoms with Gasteiger partial charge in [0, 0.05) is 36.0 Å². The predicted octanol–water partition coefficient (Wildman–Crippen LogP) is 4.96. The molecule has 158 valence electrons. The van der Waals surface area contributed by atoms with Gasteiger partial charge in [0.1, 0.15) is 6.54 Å². The number of aryl methyl sites for hydroxylation is 1. The van der Waals surface area contributed by atoms with Gasteiger partial charge < -0.3 is 5.32 Å². The lowest BCUT2D eigenvalue weighted by Gasteiger charge is -2.15. The predicted molar refractivity (Wildman–Crippen MR) is 122 cm³/mol. The number of benzene rings is 2. The van der Waals surface area contributed by atoms with Crippen molar-refractivity contribution in [1.82, 2.24) is 0 Å². The quantitative estimate of drug-likeness (QED) is 0.525. The summed E-state index contributed by atoms with van der Waals surface area (Å²) in [5, 5.41) is 3.30. The third kappa shape index (κ3) is 6.00. The van der Waals surface area contributed by atoms with Crippen molar-refractivity contribution in [1.29, 1.82) is 0 Å². The van der Waals surface area contributed by atoms with Crippen molar-refractivity contribution in [2.24, 2.45) is 0 Å². The van der Waals surface area contributed by atoms with Crippen molar-refractivity contribution >= 4 is 27.7 Å². The number of hydrogen-bond acceptors (Lipinski definition) is 4. The second-order valence-electron chi connectivity index (χ2n) is 7.62. The smallest absolute Gasteiger partial charge is 0.362 e. The molecule has 0 unspecified atom stereocenters. The van der Waals surface area contributed by atoms with E-state index < -0.39 is 10.6 Å². The van der Waals surface area contributed by atoms with Crippen LogP contribution >= 0.6 is 0 Å². The third-order valence-electron chi connectivity index (χ3n) is 4.98. The normalized spacial score (nSPS) is 14.5. The Morgan fingerprint density at radius 1 is 1.03 bits per heavy atom. The highest BCUT2D eigenvalue weighted by atomic mass is 32.2. The average molecular weight is 426 g/mol. The Hall–Kier alpha value is -2.99. The van der Waals surface area contributed by atoms with E-state index in [1.807, 2.05) is 24.4 Å². The van der Waals surface area contributed by atoms with Gasteiger partial charge in [0.05, 0.1) is 5.41 Å². The van der Waals surface area contributed by atoms with Crippen LogP contribution in [-0.2, 0) is 16.0 Å². The maximum Gasteiger partial charge on any atom is 0.425 e. The summed E-state index contributed by atoms with van der Waals surface area (Å²) < 4.78 is 27.8. The monoisotopic (exact) mass is 425 g/mol.